The summed E-state index contributed by atoms with van der Waals surface area (Å²) >= 11 is 0. The standard InChI is InChI=1S/C16H16N4/c1-2-6-12(7-3-1)20-15-14(9-5-11-18-15)19-16(20)13-8-4-10-17-13/h1-3,5-7,9,11,13,17H,4,8,10H2/t13-/m0/s1. The average molecular weight is 264 g/mol. The second-order valence-electron chi connectivity index (χ2n) is 5.14. The summed E-state index contributed by atoms with van der Waals surface area (Å²) in [5.74, 6) is 1.07. The summed E-state index contributed by atoms with van der Waals surface area (Å²) in [4.78, 5) is 9.33. The first-order chi connectivity index (χ1) is 9.93. The van der Waals surface area contributed by atoms with E-state index >= 15 is 0 Å². The molecule has 0 amide bonds. The first-order valence-electron chi connectivity index (χ1n) is 7.06. The Hall–Kier alpha value is -2.20. The second kappa shape index (κ2) is 4.72. The van der Waals surface area contributed by atoms with Crippen molar-refractivity contribution in [2.45, 2.75) is 18.9 Å². The van der Waals surface area contributed by atoms with Crippen molar-refractivity contribution in [3.63, 3.8) is 0 Å². The Labute approximate surface area is 117 Å². The second-order valence-corrected chi connectivity index (χ2v) is 5.14. The molecule has 0 aliphatic carbocycles. The van der Waals surface area contributed by atoms with Gasteiger partial charge in [-0.25, -0.2) is 9.97 Å². The fraction of sp³-hybridized carbons (Fsp3) is 0.250. The number of para-hydroxylation sites is 1. The Morgan fingerprint density at radius 1 is 1.10 bits per heavy atom. The van der Waals surface area contributed by atoms with Gasteiger partial charge in [0.2, 0.25) is 0 Å². The molecule has 2 aromatic heterocycles. The van der Waals surface area contributed by atoms with Crippen molar-refractivity contribution in [3.8, 4) is 5.69 Å². The van der Waals surface area contributed by atoms with Gasteiger partial charge >= 0.3 is 0 Å². The Morgan fingerprint density at radius 3 is 2.80 bits per heavy atom. The molecule has 0 radical (unpaired) electrons. The van der Waals surface area contributed by atoms with E-state index in [0.29, 0.717) is 6.04 Å². The molecule has 1 saturated heterocycles. The predicted octanol–water partition coefficient (Wildman–Crippen LogP) is 2.85. The van der Waals surface area contributed by atoms with Crippen LogP contribution in [0.3, 0.4) is 0 Å². The largest absolute Gasteiger partial charge is 0.307 e. The fourth-order valence-electron chi connectivity index (χ4n) is 2.90. The smallest absolute Gasteiger partial charge is 0.164 e. The first-order valence-corrected chi connectivity index (χ1v) is 7.06. The molecule has 0 bridgehead atoms. The van der Waals surface area contributed by atoms with Crippen molar-refractivity contribution in [2.24, 2.45) is 0 Å². The van der Waals surface area contributed by atoms with Crippen LogP contribution in [0.2, 0.25) is 0 Å². The zero-order valence-electron chi connectivity index (χ0n) is 11.2. The Morgan fingerprint density at radius 2 is 2.00 bits per heavy atom. The van der Waals surface area contributed by atoms with Crippen LogP contribution in [0.25, 0.3) is 16.9 Å². The molecule has 1 N–H and O–H groups in total. The van der Waals surface area contributed by atoms with Crippen LogP contribution in [0.15, 0.2) is 48.7 Å². The number of fused-ring (bicyclic) bond motifs is 1. The van der Waals surface area contributed by atoms with Crippen LogP contribution in [0.5, 0.6) is 0 Å². The average Bonchev–Trinajstić information content (AvgIpc) is 3.15. The lowest BCUT2D eigenvalue weighted by Crippen LogP contribution is -2.17. The Kier molecular flexibility index (Phi) is 2.74. The van der Waals surface area contributed by atoms with E-state index in [2.05, 4.69) is 39.1 Å². The van der Waals surface area contributed by atoms with E-state index in [4.69, 9.17) is 4.98 Å². The maximum atomic E-state index is 4.81. The third-order valence-corrected chi connectivity index (χ3v) is 3.83. The highest BCUT2D eigenvalue weighted by molar-refractivity contribution is 5.74. The summed E-state index contributed by atoms with van der Waals surface area (Å²) in [6, 6.07) is 14.6. The molecular weight excluding hydrogens is 248 g/mol. The summed E-state index contributed by atoms with van der Waals surface area (Å²) in [6.45, 7) is 1.07. The fourth-order valence-corrected chi connectivity index (χ4v) is 2.90. The summed E-state index contributed by atoms with van der Waals surface area (Å²) < 4.78 is 2.18. The summed E-state index contributed by atoms with van der Waals surface area (Å²) in [7, 11) is 0. The third kappa shape index (κ3) is 1.80. The van der Waals surface area contributed by atoms with Crippen molar-refractivity contribution in [2.75, 3.05) is 6.54 Å². The first kappa shape index (κ1) is 11.6. The number of imidazole rings is 1. The monoisotopic (exact) mass is 264 g/mol. The van der Waals surface area contributed by atoms with Gasteiger partial charge in [-0.05, 0) is 43.7 Å². The molecule has 20 heavy (non-hydrogen) atoms. The van der Waals surface area contributed by atoms with E-state index in [1.807, 2.05) is 24.4 Å². The molecule has 0 spiro atoms. The number of aromatic nitrogens is 3. The van der Waals surface area contributed by atoms with E-state index in [9.17, 15) is 0 Å². The molecule has 4 rings (SSSR count). The molecule has 1 aliphatic rings. The van der Waals surface area contributed by atoms with Gasteiger partial charge in [0.15, 0.2) is 5.65 Å². The number of nitrogens with zero attached hydrogens (tertiary/aromatic N) is 3. The van der Waals surface area contributed by atoms with Crippen molar-refractivity contribution in [3.05, 3.63) is 54.5 Å². The van der Waals surface area contributed by atoms with Crippen molar-refractivity contribution >= 4 is 11.2 Å². The molecule has 1 aromatic carbocycles. The number of nitrogens with one attached hydrogen (secondary N) is 1. The van der Waals surface area contributed by atoms with Crippen molar-refractivity contribution in [1.82, 2.24) is 19.9 Å². The molecule has 0 saturated carbocycles. The minimum Gasteiger partial charge on any atom is -0.307 e. The Balaban J connectivity index is 1.98. The minimum atomic E-state index is 0.324. The van der Waals surface area contributed by atoms with Crippen molar-refractivity contribution < 1.29 is 0 Å². The van der Waals surface area contributed by atoms with Crippen molar-refractivity contribution in [1.29, 1.82) is 0 Å². The van der Waals surface area contributed by atoms with E-state index in [1.165, 1.54) is 6.42 Å². The minimum absolute atomic E-state index is 0.324. The Bertz CT molecular complexity index is 727. The van der Waals surface area contributed by atoms with Gasteiger partial charge in [-0.2, -0.15) is 0 Å². The van der Waals surface area contributed by atoms with E-state index < -0.39 is 0 Å². The number of benzene rings is 1. The number of hydrogen-bond acceptors (Lipinski definition) is 3. The molecule has 1 aliphatic heterocycles. The SMILES string of the molecule is c1ccc(-n2c([C@@H]3CCCN3)nc3cccnc32)cc1. The highest BCUT2D eigenvalue weighted by Gasteiger charge is 2.24. The van der Waals surface area contributed by atoms with Gasteiger partial charge in [0.25, 0.3) is 0 Å². The zero-order chi connectivity index (χ0) is 13.4. The topological polar surface area (TPSA) is 42.7 Å². The quantitative estimate of drug-likeness (QED) is 0.774. The normalized spacial score (nSPS) is 18.7. The van der Waals surface area contributed by atoms with Crippen LogP contribution in [0.1, 0.15) is 24.7 Å². The number of hydrogen-bond donors (Lipinski definition) is 1. The van der Waals surface area contributed by atoms with Gasteiger partial charge in [0.1, 0.15) is 11.3 Å². The summed E-state index contributed by atoms with van der Waals surface area (Å²) in [6.07, 6.45) is 4.17. The number of pyridine rings is 1. The van der Waals surface area contributed by atoms with Gasteiger partial charge in [0.05, 0.1) is 6.04 Å². The van der Waals surface area contributed by atoms with E-state index in [-0.39, 0.29) is 0 Å². The van der Waals surface area contributed by atoms with Gasteiger partial charge in [0, 0.05) is 11.9 Å². The summed E-state index contributed by atoms with van der Waals surface area (Å²) in [5, 5.41) is 3.53. The molecule has 1 atom stereocenters. The predicted molar refractivity (Wildman–Crippen MR) is 78.8 cm³/mol. The molecule has 4 heteroatoms. The maximum absolute atomic E-state index is 4.81. The zero-order valence-corrected chi connectivity index (χ0v) is 11.2. The van der Waals surface area contributed by atoms with Crippen LogP contribution in [-0.2, 0) is 0 Å². The van der Waals surface area contributed by atoms with Crippen LogP contribution < -0.4 is 5.32 Å². The van der Waals surface area contributed by atoms with Gasteiger partial charge < -0.3 is 5.32 Å². The lowest BCUT2D eigenvalue weighted by molar-refractivity contribution is 0.598. The molecule has 3 heterocycles. The van der Waals surface area contributed by atoms with Gasteiger partial charge in [-0.15, -0.1) is 0 Å². The van der Waals surface area contributed by atoms with Crippen LogP contribution in [0.4, 0.5) is 0 Å². The van der Waals surface area contributed by atoms with E-state index in [0.717, 1.165) is 35.6 Å². The molecule has 0 unspecified atom stereocenters. The summed E-state index contributed by atoms with van der Waals surface area (Å²) in [5.41, 5.74) is 3.01. The molecule has 100 valence electrons. The number of rotatable bonds is 2. The molecule has 4 nitrogen and oxygen atoms in total. The lowest BCUT2D eigenvalue weighted by atomic mass is 10.2. The van der Waals surface area contributed by atoms with E-state index in [1.54, 1.807) is 0 Å². The highest BCUT2D eigenvalue weighted by Crippen LogP contribution is 2.28. The van der Waals surface area contributed by atoms with Gasteiger partial charge in [-0.1, -0.05) is 18.2 Å². The molecular formula is C16H16N4. The van der Waals surface area contributed by atoms with Crippen LogP contribution in [-0.4, -0.2) is 21.1 Å². The van der Waals surface area contributed by atoms with Crippen LogP contribution in [0, 0.1) is 0 Å². The molecule has 1 fully saturated rings. The van der Waals surface area contributed by atoms with Gasteiger partial charge in [-0.3, -0.25) is 4.57 Å². The molecule has 3 aromatic rings. The van der Waals surface area contributed by atoms with Crippen LogP contribution >= 0.6 is 0 Å². The maximum Gasteiger partial charge on any atom is 0.164 e. The lowest BCUT2D eigenvalue weighted by Gasteiger charge is -2.13. The third-order valence-electron chi connectivity index (χ3n) is 3.83. The highest BCUT2D eigenvalue weighted by atomic mass is 15.2.